The van der Waals surface area contributed by atoms with Crippen molar-refractivity contribution in [1.82, 2.24) is 4.72 Å². The van der Waals surface area contributed by atoms with Gasteiger partial charge in [-0.15, -0.1) is 0 Å². The molecule has 0 aromatic heterocycles. The molecule has 2 N–H and O–H groups in total. The predicted molar refractivity (Wildman–Crippen MR) is 125 cm³/mol. The molecule has 3 rings (SSSR count). The molecule has 0 radical (unpaired) electrons. The van der Waals surface area contributed by atoms with E-state index in [1.807, 2.05) is 38.1 Å². The van der Waals surface area contributed by atoms with Crippen molar-refractivity contribution in [2.45, 2.75) is 18.7 Å². The molecule has 160 valence electrons. The summed E-state index contributed by atoms with van der Waals surface area (Å²) in [6.07, 6.45) is 1.37. The smallest absolute Gasteiger partial charge is 0.270 e. The predicted octanol–water partition coefficient (Wildman–Crippen LogP) is 5.36. The fourth-order valence-corrected chi connectivity index (χ4v) is 4.16. The van der Waals surface area contributed by atoms with E-state index in [2.05, 4.69) is 26.0 Å². The number of rotatable bonds is 7. The topological polar surface area (TPSA) is 101 Å². The van der Waals surface area contributed by atoms with Gasteiger partial charge in [-0.2, -0.15) is 0 Å². The average molecular weight is 502 g/mol. The van der Waals surface area contributed by atoms with Crippen molar-refractivity contribution in [2.24, 2.45) is 0 Å². The summed E-state index contributed by atoms with van der Waals surface area (Å²) in [4.78, 5) is 10.7. The molecule has 0 spiro atoms. The maximum atomic E-state index is 12.7. The van der Waals surface area contributed by atoms with E-state index >= 15 is 0 Å². The van der Waals surface area contributed by atoms with E-state index in [4.69, 9.17) is 0 Å². The SMILES string of the molecule is Cc1ccc(S(=O)(=O)N/C=C(\Nc2ccc([N+](=O)[O-])cc2Br)c2cccc(C)c2)cc1. The molecule has 0 aliphatic carbocycles. The van der Waals surface area contributed by atoms with Gasteiger partial charge < -0.3 is 5.32 Å². The lowest BCUT2D eigenvalue weighted by Gasteiger charge is -2.14. The zero-order valence-corrected chi connectivity index (χ0v) is 19.2. The third-order valence-corrected chi connectivity index (χ3v) is 6.43. The molecule has 3 aromatic rings. The van der Waals surface area contributed by atoms with Crippen LogP contribution in [0.5, 0.6) is 0 Å². The molecule has 31 heavy (non-hydrogen) atoms. The molecule has 9 heteroatoms. The summed E-state index contributed by atoms with van der Waals surface area (Å²) in [6, 6.07) is 18.4. The number of nitrogens with zero attached hydrogens (tertiary/aromatic N) is 1. The highest BCUT2D eigenvalue weighted by atomic mass is 79.9. The van der Waals surface area contributed by atoms with Gasteiger partial charge in [0.05, 0.1) is 21.2 Å². The molecule has 3 aromatic carbocycles. The largest absolute Gasteiger partial charge is 0.353 e. The van der Waals surface area contributed by atoms with Crippen LogP contribution in [0, 0.1) is 24.0 Å². The average Bonchev–Trinajstić information content (AvgIpc) is 2.72. The Bertz CT molecular complexity index is 1260. The van der Waals surface area contributed by atoms with Crippen LogP contribution < -0.4 is 10.0 Å². The Morgan fingerprint density at radius 3 is 2.32 bits per heavy atom. The number of nitro benzene ring substituents is 1. The van der Waals surface area contributed by atoms with Crippen LogP contribution in [0.1, 0.15) is 16.7 Å². The molecule has 0 saturated heterocycles. The van der Waals surface area contributed by atoms with E-state index in [1.54, 1.807) is 18.2 Å². The number of nitro groups is 1. The highest BCUT2D eigenvalue weighted by Crippen LogP contribution is 2.30. The normalized spacial score (nSPS) is 11.8. The molecular weight excluding hydrogens is 482 g/mol. The second kappa shape index (κ2) is 9.32. The van der Waals surface area contributed by atoms with Gasteiger partial charge in [0.15, 0.2) is 0 Å². The third kappa shape index (κ3) is 5.71. The maximum Gasteiger partial charge on any atom is 0.270 e. The molecule has 0 amide bonds. The Kier molecular flexibility index (Phi) is 6.77. The summed E-state index contributed by atoms with van der Waals surface area (Å²) < 4.78 is 28.4. The van der Waals surface area contributed by atoms with E-state index in [-0.39, 0.29) is 10.6 Å². The summed E-state index contributed by atoms with van der Waals surface area (Å²) in [5.74, 6) is 0. The number of aryl methyl sites for hydroxylation is 2. The highest BCUT2D eigenvalue weighted by molar-refractivity contribution is 9.10. The van der Waals surface area contributed by atoms with Gasteiger partial charge in [-0.1, -0.05) is 41.5 Å². The second-order valence-corrected chi connectivity index (χ2v) is 9.48. The lowest BCUT2D eigenvalue weighted by atomic mass is 10.1. The van der Waals surface area contributed by atoms with E-state index in [0.717, 1.165) is 16.7 Å². The number of halogens is 1. The van der Waals surface area contributed by atoms with Gasteiger partial charge in [0, 0.05) is 22.8 Å². The number of nitrogens with one attached hydrogen (secondary N) is 2. The minimum atomic E-state index is -3.78. The minimum absolute atomic E-state index is 0.0569. The van der Waals surface area contributed by atoms with Crippen molar-refractivity contribution in [1.29, 1.82) is 0 Å². The Balaban J connectivity index is 1.97. The third-order valence-electron chi connectivity index (χ3n) is 4.45. The molecule has 7 nitrogen and oxygen atoms in total. The summed E-state index contributed by atoms with van der Waals surface area (Å²) in [7, 11) is -3.78. The Labute approximate surface area is 189 Å². The van der Waals surface area contributed by atoms with Gasteiger partial charge in [-0.3, -0.25) is 14.8 Å². The number of anilines is 1. The van der Waals surface area contributed by atoms with Crippen LogP contribution >= 0.6 is 15.9 Å². The summed E-state index contributed by atoms with van der Waals surface area (Å²) in [5, 5.41) is 14.1. The lowest BCUT2D eigenvalue weighted by molar-refractivity contribution is -0.384. The Hall–Kier alpha value is -3.17. The minimum Gasteiger partial charge on any atom is -0.353 e. The quantitative estimate of drug-likeness (QED) is 0.335. The van der Waals surface area contributed by atoms with Crippen LogP contribution in [-0.4, -0.2) is 13.3 Å². The monoisotopic (exact) mass is 501 g/mol. The Morgan fingerprint density at radius 2 is 1.71 bits per heavy atom. The van der Waals surface area contributed by atoms with E-state index in [9.17, 15) is 18.5 Å². The molecule has 0 fully saturated rings. The molecule has 0 aliphatic rings. The van der Waals surface area contributed by atoms with Gasteiger partial charge in [-0.25, -0.2) is 8.42 Å². The first kappa shape index (κ1) is 22.5. The number of benzene rings is 3. The van der Waals surface area contributed by atoms with Gasteiger partial charge in [0.2, 0.25) is 0 Å². The lowest BCUT2D eigenvalue weighted by Crippen LogP contribution is -2.19. The van der Waals surface area contributed by atoms with Crippen molar-refractivity contribution >= 4 is 43.0 Å². The van der Waals surface area contributed by atoms with Gasteiger partial charge >= 0.3 is 0 Å². The first-order chi connectivity index (χ1) is 14.7. The fourth-order valence-electron chi connectivity index (χ4n) is 2.79. The zero-order chi connectivity index (χ0) is 22.6. The molecule has 0 unspecified atom stereocenters. The van der Waals surface area contributed by atoms with Crippen molar-refractivity contribution in [2.75, 3.05) is 5.32 Å². The zero-order valence-electron chi connectivity index (χ0n) is 16.8. The van der Waals surface area contributed by atoms with Crippen LogP contribution in [0.25, 0.3) is 5.70 Å². The first-order valence-electron chi connectivity index (χ1n) is 9.23. The molecule has 0 atom stereocenters. The number of hydrogen-bond donors (Lipinski definition) is 2. The van der Waals surface area contributed by atoms with E-state index in [0.29, 0.717) is 15.9 Å². The van der Waals surface area contributed by atoms with Crippen molar-refractivity contribution in [3.8, 4) is 0 Å². The van der Waals surface area contributed by atoms with Gasteiger partial charge in [-0.05, 0) is 59.6 Å². The summed E-state index contributed by atoms with van der Waals surface area (Å²) >= 11 is 3.33. The fraction of sp³-hybridized carbons (Fsp3) is 0.0909. The van der Waals surface area contributed by atoms with Crippen LogP contribution in [0.2, 0.25) is 0 Å². The highest BCUT2D eigenvalue weighted by Gasteiger charge is 2.14. The van der Waals surface area contributed by atoms with Gasteiger partial charge in [0.1, 0.15) is 0 Å². The van der Waals surface area contributed by atoms with Crippen LogP contribution in [0.4, 0.5) is 11.4 Å². The van der Waals surface area contributed by atoms with E-state index < -0.39 is 14.9 Å². The number of hydrogen-bond acceptors (Lipinski definition) is 5. The van der Waals surface area contributed by atoms with Crippen LogP contribution in [-0.2, 0) is 10.0 Å². The standard InChI is InChI=1S/C22H20BrN3O4S/c1-15-6-9-19(10-7-15)31(29,30)24-14-22(17-5-3-4-16(2)12-17)25-21-11-8-18(26(27)28)13-20(21)23/h3-14,24-25H,1-2H3/b22-14-. The molecule has 0 heterocycles. The van der Waals surface area contributed by atoms with Gasteiger partial charge in [0.25, 0.3) is 15.7 Å². The maximum absolute atomic E-state index is 12.7. The van der Waals surface area contributed by atoms with Crippen molar-refractivity contribution in [3.05, 3.63) is 104 Å². The van der Waals surface area contributed by atoms with E-state index in [1.165, 1.54) is 30.5 Å². The molecule has 0 bridgehead atoms. The first-order valence-corrected chi connectivity index (χ1v) is 11.5. The molecule has 0 aliphatic heterocycles. The summed E-state index contributed by atoms with van der Waals surface area (Å²) in [5.41, 5.74) is 3.67. The molecule has 0 saturated carbocycles. The number of non-ortho nitro benzene ring substituents is 1. The van der Waals surface area contributed by atoms with Crippen molar-refractivity contribution < 1.29 is 13.3 Å². The Morgan fingerprint density at radius 1 is 1.00 bits per heavy atom. The van der Waals surface area contributed by atoms with Crippen molar-refractivity contribution in [3.63, 3.8) is 0 Å². The summed E-state index contributed by atoms with van der Waals surface area (Å²) in [6.45, 7) is 3.81. The van der Waals surface area contributed by atoms with Crippen LogP contribution in [0.3, 0.4) is 0 Å². The second-order valence-electron chi connectivity index (χ2n) is 6.91. The number of sulfonamides is 1. The van der Waals surface area contributed by atoms with Crippen LogP contribution in [0.15, 0.2) is 82.3 Å². The molecular formula is C22H20BrN3O4S.